The lowest BCUT2D eigenvalue weighted by molar-refractivity contribution is 0.238. The van der Waals surface area contributed by atoms with E-state index in [2.05, 4.69) is 6.58 Å². The van der Waals surface area contributed by atoms with E-state index in [9.17, 15) is 0 Å². The second-order valence-electron chi connectivity index (χ2n) is 1.85. The van der Waals surface area contributed by atoms with Crippen molar-refractivity contribution in [3.05, 3.63) is 36.4 Å². The van der Waals surface area contributed by atoms with Crippen LogP contribution in [-0.2, 0) is 4.74 Å². The lowest BCUT2D eigenvalue weighted by atomic mass is 10.4. The second kappa shape index (κ2) is 5.41. The van der Waals surface area contributed by atoms with E-state index in [1.807, 2.05) is 6.92 Å². The first kappa shape index (κ1) is 9.62. The quantitative estimate of drug-likeness (QED) is 0.466. The third-order valence-electron chi connectivity index (χ3n) is 0.968. The molecule has 0 atom stereocenters. The number of ether oxygens (including phenoxy) is 1. The van der Waals surface area contributed by atoms with Crippen molar-refractivity contribution in [2.45, 2.75) is 6.92 Å². The zero-order valence-electron chi connectivity index (χ0n) is 6.71. The minimum Gasteiger partial charge on any atom is -0.490 e. The number of allylic oxidation sites excluding steroid dienone is 3. The molecule has 3 heteroatoms. The predicted molar refractivity (Wildman–Crippen MR) is 46.4 cm³/mol. The van der Waals surface area contributed by atoms with Gasteiger partial charge in [0.2, 0.25) is 0 Å². The van der Waals surface area contributed by atoms with Gasteiger partial charge in [0.05, 0.1) is 6.61 Å². The summed E-state index contributed by atoms with van der Waals surface area (Å²) in [5.41, 5.74) is 10.6. The van der Waals surface area contributed by atoms with Gasteiger partial charge < -0.3 is 16.2 Å². The summed E-state index contributed by atoms with van der Waals surface area (Å²) in [4.78, 5) is 0. The molecule has 0 amide bonds. The highest BCUT2D eigenvalue weighted by Gasteiger charge is 1.93. The maximum absolute atomic E-state index is 5.31. The van der Waals surface area contributed by atoms with Crippen LogP contribution in [0.4, 0.5) is 0 Å². The van der Waals surface area contributed by atoms with E-state index in [0.29, 0.717) is 12.4 Å². The number of nitrogens with two attached hydrogens (primary N) is 2. The third kappa shape index (κ3) is 4.08. The van der Waals surface area contributed by atoms with Gasteiger partial charge in [0.25, 0.3) is 0 Å². The summed E-state index contributed by atoms with van der Waals surface area (Å²) in [6.07, 6.45) is 5.01. The van der Waals surface area contributed by atoms with E-state index >= 15 is 0 Å². The molecule has 3 nitrogen and oxygen atoms in total. The highest BCUT2D eigenvalue weighted by Crippen LogP contribution is 1.99. The molecule has 0 bridgehead atoms. The van der Waals surface area contributed by atoms with Gasteiger partial charge in [-0.1, -0.05) is 18.7 Å². The van der Waals surface area contributed by atoms with Gasteiger partial charge in [-0.2, -0.15) is 0 Å². The van der Waals surface area contributed by atoms with Crippen molar-refractivity contribution in [1.82, 2.24) is 0 Å². The van der Waals surface area contributed by atoms with Crippen LogP contribution in [0.3, 0.4) is 0 Å². The second-order valence-corrected chi connectivity index (χ2v) is 1.85. The molecule has 62 valence electrons. The van der Waals surface area contributed by atoms with E-state index in [4.69, 9.17) is 16.2 Å². The van der Waals surface area contributed by atoms with Gasteiger partial charge in [0, 0.05) is 0 Å². The van der Waals surface area contributed by atoms with E-state index in [0.717, 1.165) is 0 Å². The summed E-state index contributed by atoms with van der Waals surface area (Å²) in [5.74, 6) is 0.678. The Labute approximate surface area is 67.0 Å². The summed E-state index contributed by atoms with van der Waals surface area (Å²) < 4.78 is 5.10. The number of hydrogen-bond acceptors (Lipinski definition) is 3. The van der Waals surface area contributed by atoms with Crippen molar-refractivity contribution in [1.29, 1.82) is 0 Å². The van der Waals surface area contributed by atoms with Gasteiger partial charge in [0.1, 0.15) is 5.82 Å². The summed E-state index contributed by atoms with van der Waals surface area (Å²) in [7, 11) is 0. The van der Waals surface area contributed by atoms with Crippen LogP contribution >= 0.6 is 0 Å². The highest BCUT2D eigenvalue weighted by molar-refractivity contribution is 5.19. The Hall–Kier alpha value is -1.38. The van der Waals surface area contributed by atoms with Gasteiger partial charge in [-0.3, -0.25) is 0 Å². The standard InChI is InChI=1S/C8H14N2O/c1-3-5-6-7(8(9)10)11-4-2/h3,5-6H,1,4,9-10H2,2H3/b6-5-. The van der Waals surface area contributed by atoms with Crippen LogP contribution in [-0.4, -0.2) is 6.61 Å². The van der Waals surface area contributed by atoms with E-state index in [1.54, 1.807) is 18.2 Å². The number of hydrogen-bond donors (Lipinski definition) is 2. The Morgan fingerprint density at radius 2 is 2.18 bits per heavy atom. The maximum Gasteiger partial charge on any atom is 0.158 e. The smallest absolute Gasteiger partial charge is 0.158 e. The molecule has 0 rings (SSSR count). The SMILES string of the molecule is C=C/C=C\C(OCC)=C(N)N. The van der Waals surface area contributed by atoms with Crippen molar-refractivity contribution in [2.75, 3.05) is 6.61 Å². The zero-order valence-corrected chi connectivity index (χ0v) is 6.71. The Morgan fingerprint density at radius 1 is 1.55 bits per heavy atom. The van der Waals surface area contributed by atoms with E-state index in [1.165, 1.54) is 0 Å². The number of rotatable bonds is 4. The molecular formula is C8H14N2O. The first-order chi connectivity index (χ1) is 5.22. The van der Waals surface area contributed by atoms with Crippen LogP contribution in [0.25, 0.3) is 0 Å². The van der Waals surface area contributed by atoms with Crippen molar-refractivity contribution < 1.29 is 4.74 Å². The highest BCUT2D eigenvalue weighted by atomic mass is 16.5. The van der Waals surface area contributed by atoms with Crippen molar-refractivity contribution >= 4 is 0 Å². The molecule has 4 N–H and O–H groups in total. The summed E-state index contributed by atoms with van der Waals surface area (Å²) >= 11 is 0. The largest absolute Gasteiger partial charge is 0.490 e. The van der Waals surface area contributed by atoms with Crippen molar-refractivity contribution in [3.63, 3.8) is 0 Å². The third-order valence-corrected chi connectivity index (χ3v) is 0.968. The Balaban J connectivity index is 4.23. The molecule has 0 aromatic carbocycles. The topological polar surface area (TPSA) is 61.3 Å². The summed E-state index contributed by atoms with van der Waals surface area (Å²) in [6, 6.07) is 0. The molecule has 0 unspecified atom stereocenters. The predicted octanol–water partition coefficient (Wildman–Crippen LogP) is 0.852. The van der Waals surface area contributed by atoms with Gasteiger partial charge >= 0.3 is 0 Å². The molecule has 0 fully saturated rings. The summed E-state index contributed by atoms with van der Waals surface area (Å²) in [6.45, 7) is 5.92. The molecular weight excluding hydrogens is 140 g/mol. The summed E-state index contributed by atoms with van der Waals surface area (Å²) in [5, 5.41) is 0. The molecule has 0 aliphatic rings. The van der Waals surface area contributed by atoms with Gasteiger partial charge in [-0.25, -0.2) is 0 Å². The van der Waals surface area contributed by atoms with E-state index in [-0.39, 0.29) is 5.82 Å². The fourth-order valence-corrected chi connectivity index (χ4v) is 0.539. The molecule has 0 aliphatic carbocycles. The Bertz CT molecular complexity index is 179. The Morgan fingerprint density at radius 3 is 2.55 bits per heavy atom. The monoisotopic (exact) mass is 154 g/mol. The van der Waals surface area contributed by atoms with Crippen LogP contribution in [0, 0.1) is 0 Å². The van der Waals surface area contributed by atoms with Crippen LogP contribution in [0.2, 0.25) is 0 Å². The molecule has 11 heavy (non-hydrogen) atoms. The molecule has 0 aliphatic heterocycles. The van der Waals surface area contributed by atoms with Gasteiger partial charge in [-0.15, -0.1) is 0 Å². The van der Waals surface area contributed by atoms with Crippen molar-refractivity contribution in [3.8, 4) is 0 Å². The first-order valence-electron chi connectivity index (χ1n) is 3.39. The Kier molecular flexibility index (Phi) is 4.73. The average Bonchev–Trinajstić information content (AvgIpc) is 1.97. The minimum absolute atomic E-state index is 0.185. The van der Waals surface area contributed by atoms with Crippen LogP contribution < -0.4 is 11.5 Å². The maximum atomic E-state index is 5.31. The molecule has 0 aromatic rings. The van der Waals surface area contributed by atoms with Gasteiger partial charge in [-0.05, 0) is 13.0 Å². The molecule has 0 saturated carbocycles. The van der Waals surface area contributed by atoms with E-state index < -0.39 is 0 Å². The lowest BCUT2D eigenvalue weighted by Crippen LogP contribution is -2.12. The van der Waals surface area contributed by atoms with Crippen LogP contribution in [0.15, 0.2) is 36.4 Å². The van der Waals surface area contributed by atoms with Gasteiger partial charge in [0.15, 0.2) is 5.76 Å². The van der Waals surface area contributed by atoms with Crippen molar-refractivity contribution in [2.24, 2.45) is 11.5 Å². The molecule has 0 heterocycles. The first-order valence-corrected chi connectivity index (χ1v) is 3.39. The lowest BCUT2D eigenvalue weighted by Gasteiger charge is -2.04. The normalized spacial score (nSPS) is 9.55. The zero-order chi connectivity index (χ0) is 8.69. The fourth-order valence-electron chi connectivity index (χ4n) is 0.539. The minimum atomic E-state index is 0.185. The van der Waals surface area contributed by atoms with Crippen LogP contribution in [0.1, 0.15) is 6.92 Å². The fraction of sp³-hybridized carbons (Fsp3) is 0.250. The molecule has 0 spiro atoms. The molecule has 0 saturated heterocycles. The van der Waals surface area contributed by atoms with Crippen LogP contribution in [0.5, 0.6) is 0 Å². The average molecular weight is 154 g/mol. The molecule has 0 aromatic heterocycles. The molecule has 0 radical (unpaired) electrons.